The Morgan fingerprint density at radius 1 is 1.55 bits per heavy atom. The lowest BCUT2D eigenvalue weighted by atomic mass is 10.1. The fourth-order valence-corrected chi connectivity index (χ4v) is 2.56. The van der Waals surface area contributed by atoms with Crippen molar-refractivity contribution >= 4 is 14.1 Å². The molecule has 1 N–H and O–H groups in total. The molecule has 0 fully saturated rings. The average Bonchev–Trinajstić information content (AvgIpc) is 2.31. The van der Waals surface area contributed by atoms with Gasteiger partial charge in [-0.2, -0.15) is 0 Å². The van der Waals surface area contributed by atoms with Gasteiger partial charge in [-0.25, -0.2) is 0 Å². The number of hydrogen-bond donors (Lipinski definition) is 1. The van der Waals surface area contributed by atoms with Gasteiger partial charge in [0.1, 0.15) is 6.10 Å². The lowest BCUT2D eigenvalue weighted by Crippen LogP contribution is -2.50. The number of carbonyl (C=O) groups is 1. The number of aliphatic hydroxyl groups is 1. The van der Waals surface area contributed by atoms with Gasteiger partial charge < -0.3 is 14.3 Å². The molecule has 0 spiro atoms. The van der Waals surface area contributed by atoms with Crippen LogP contribution in [-0.2, 0) is 14.0 Å². The first-order valence-corrected chi connectivity index (χ1v) is 9.80. The SMILES string of the molecule is C=CC[C@@H]1O[C@](O)(CO[Si](C)(C)C(C)(C)C)C=CC1=O. The highest BCUT2D eigenvalue weighted by Crippen LogP contribution is 2.37. The molecule has 0 unspecified atom stereocenters. The third kappa shape index (κ3) is 4.12. The van der Waals surface area contributed by atoms with E-state index in [9.17, 15) is 9.90 Å². The average molecular weight is 298 g/mol. The van der Waals surface area contributed by atoms with E-state index in [1.807, 2.05) is 0 Å². The largest absolute Gasteiger partial charge is 0.411 e. The predicted octanol–water partition coefficient (Wildman–Crippen LogP) is 2.80. The van der Waals surface area contributed by atoms with Crippen LogP contribution in [0.2, 0.25) is 18.1 Å². The maximum atomic E-state index is 11.6. The second-order valence-electron chi connectivity index (χ2n) is 6.76. The molecule has 0 radical (unpaired) electrons. The molecule has 1 heterocycles. The van der Waals surface area contributed by atoms with Gasteiger partial charge in [-0.15, -0.1) is 6.58 Å². The van der Waals surface area contributed by atoms with E-state index < -0.39 is 20.2 Å². The zero-order valence-corrected chi connectivity index (χ0v) is 14.1. The molecule has 0 amide bonds. The lowest BCUT2D eigenvalue weighted by Gasteiger charge is -2.39. The molecular formula is C15H26O4Si. The van der Waals surface area contributed by atoms with Gasteiger partial charge in [0.15, 0.2) is 14.1 Å². The highest BCUT2D eigenvalue weighted by Gasteiger charge is 2.41. The van der Waals surface area contributed by atoms with Crippen molar-refractivity contribution in [2.24, 2.45) is 0 Å². The Hall–Kier alpha value is -0.753. The molecule has 2 atom stereocenters. The molecule has 0 aromatic carbocycles. The van der Waals surface area contributed by atoms with Crippen molar-refractivity contribution < 1.29 is 19.1 Å². The summed E-state index contributed by atoms with van der Waals surface area (Å²) in [6.07, 6.45) is 4.06. The molecule has 0 bridgehead atoms. The van der Waals surface area contributed by atoms with Crippen LogP contribution < -0.4 is 0 Å². The summed E-state index contributed by atoms with van der Waals surface area (Å²) in [6, 6.07) is 0. The van der Waals surface area contributed by atoms with E-state index in [1.54, 1.807) is 6.08 Å². The molecule has 0 aromatic heterocycles. The minimum atomic E-state index is -1.97. The van der Waals surface area contributed by atoms with Gasteiger partial charge in [-0.3, -0.25) is 4.79 Å². The monoisotopic (exact) mass is 298 g/mol. The molecule has 5 heteroatoms. The van der Waals surface area contributed by atoms with Crippen LogP contribution in [0.3, 0.4) is 0 Å². The first kappa shape index (κ1) is 17.3. The minimum absolute atomic E-state index is 0.0426. The number of carbonyl (C=O) groups excluding carboxylic acids is 1. The molecule has 0 saturated carbocycles. The summed E-state index contributed by atoms with van der Waals surface area (Å²) in [7, 11) is -1.97. The molecule has 1 rings (SSSR count). The van der Waals surface area contributed by atoms with Gasteiger partial charge in [0.2, 0.25) is 5.79 Å². The molecular weight excluding hydrogens is 272 g/mol. The maximum absolute atomic E-state index is 11.6. The van der Waals surface area contributed by atoms with Crippen molar-refractivity contribution in [2.45, 2.75) is 57.2 Å². The van der Waals surface area contributed by atoms with Gasteiger partial charge in [0.05, 0.1) is 6.61 Å². The van der Waals surface area contributed by atoms with Crippen LogP contribution in [0.15, 0.2) is 24.8 Å². The van der Waals surface area contributed by atoms with Crippen molar-refractivity contribution in [2.75, 3.05) is 6.61 Å². The molecule has 0 saturated heterocycles. The van der Waals surface area contributed by atoms with Gasteiger partial charge in [-0.1, -0.05) is 26.8 Å². The molecule has 20 heavy (non-hydrogen) atoms. The molecule has 4 nitrogen and oxygen atoms in total. The van der Waals surface area contributed by atoms with Crippen LogP contribution in [0.4, 0.5) is 0 Å². The lowest BCUT2D eigenvalue weighted by molar-refractivity contribution is -0.215. The Balaban J connectivity index is 2.74. The van der Waals surface area contributed by atoms with Crippen LogP contribution in [0.5, 0.6) is 0 Å². The van der Waals surface area contributed by atoms with Crippen LogP contribution in [0, 0.1) is 0 Å². The first-order chi connectivity index (χ1) is 9.01. The second kappa shape index (κ2) is 5.93. The van der Waals surface area contributed by atoms with Crippen molar-refractivity contribution in [3.05, 3.63) is 24.8 Å². The highest BCUT2D eigenvalue weighted by atomic mass is 28.4. The Kier molecular flexibility index (Phi) is 5.13. The molecule has 0 aliphatic carbocycles. The predicted molar refractivity (Wildman–Crippen MR) is 81.9 cm³/mol. The minimum Gasteiger partial charge on any atom is -0.411 e. The maximum Gasteiger partial charge on any atom is 0.209 e. The molecule has 114 valence electrons. The zero-order valence-electron chi connectivity index (χ0n) is 13.1. The van der Waals surface area contributed by atoms with Gasteiger partial charge >= 0.3 is 0 Å². The topological polar surface area (TPSA) is 55.8 Å². The van der Waals surface area contributed by atoms with E-state index in [2.05, 4.69) is 40.4 Å². The van der Waals surface area contributed by atoms with Gasteiger partial charge in [0, 0.05) is 0 Å². The Morgan fingerprint density at radius 2 is 2.15 bits per heavy atom. The smallest absolute Gasteiger partial charge is 0.209 e. The number of hydrogen-bond acceptors (Lipinski definition) is 4. The van der Waals surface area contributed by atoms with E-state index in [-0.39, 0.29) is 17.4 Å². The van der Waals surface area contributed by atoms with E-state index in [0.29, 0.717) is 6.42 Å². The third-order valence-corrected chi connectivity index (χ3v) is 8.48. The molecule has 0 aromatic rings. The number of ketones is 1. The van der Waals surface area contributed by atoms with E-state index in [1.165, 1.54) is 12.2 Å². The highest BCUT2D eigenvalue weighted by molar-refractivity contribution is 6.74. The molecule has 1 aliphatic heterocycles. The summed E-state index contributed by atoms with van der Waals surface area (Å²) in [5, 5.41) is 10.5. The quantitative estimate of drug-likeness (QED) is 0.626. The summed E-state index contributed by atoms with van der Waals surface area (Å²) in [5.74, 6) is -1.68. The van der Waals surface area contributed by atoms with Crippen molar-refractivity contribution in [3.8, 4) is 0 Å². The van der Waals surface area contributed by atoms with Gasteiger partial charge in [-0.05, 0) is 36.7 Å². The van der Waals surface area contributed by atoms with Crippen LogP contribution in [-0.4, -0.2) is 37.7 Å². The summed E-state index contributed by atoms with van der Waals surface area (Å²) in [5.41, 5.74) is 0. The van der Waals surface area contributed by atoms with Crippen molar-refractivity contribution in [1.82, 2.24) is 0 Å². The normalized spacial score (nSPS) is 27.7. The Bertz CT molecular complexity index is 409. The second-order valence-corrected chi connectivity index (χ2v) is 11.6. The number of ether oxygens (including phenoxy) is 1. The summed E-state index contributed by atoms with van der Waals surface area (Å²) in [6.45, 7) is 14.2. The third-order valence-electron chi connectivity index (χ3n) is 4.00. The standard InChI is InChI=1S/C15H26O4Si/c1-7-8-13-12(16)9-10-15(17,19-13)11-18-20(5,6)14(2,3)4/h7,9-10,13,17H,1,8,11H2,2-6H3/t13-,15-/m0/s1. The first-order valence-electron chi connectivity index (χ1n) is 6.89. The number of rotatable bonds is 5. The Labute approximate surface area is 122 Å². The van der Waals surface area contributed by atoms with Crippen LogP contribution in [0.1, 0.15) is 27.2 Å². The fourth-order valence-electron chi connectivity index (χ4n) is 1.56. The summed E-state index contributed by atoms with van der Waals surface area (Å²) < 4.78 is 11.5. The summed E-state index contributed by atoms with van der Waals surface area (Å²) >= 11 is 0. The molecule has 1 aliphatic rings. The van der Waals surface area contributed by atoms with E-state index in [0.717, 1.165) is 0 Å². The zero-order chi connectivity index (χ0) is 15.6. The van der Waals surface area contributed by atoms with Crippen LogP contribution in [0.25, 0.3) is 0 Å². The summed E-state index contributed by atoms with van der Waals surface area (Å²) in [4.78, 5) is 11.6. The van der Waals surface area contributed by atoms with Crippen molar-refractivity contribution in [1.29, 1.82) is 0 Å². The van der Waals surface area contributed by atoms with E-state index in [4.69, 9.17) is 9.16 Å². The Morgan fingerprint density at radius 3 is 2.65 bits per heavy atom. The van der Waals surface area contributed by atoms with Crippen LogP contribution >= 0.6 is 0 Å². The fraction of sp³-hybridized carbons (Fsp3) is 0.667. The van der Waals surface area contributed by atoms with Crippen molar-refractivity contribution in [3.63, 3.8) is 0 Å². The van der Waals surface area contributed by atoms with Gasteiger partial charge in [0.25, 0.3) is 0 Å². The van der Waals surface area contributed by atoms with E-state index >= 15 is 0 Å².